The normalized spacial score (nSPS) is 11.5. The SMILES string of the molecule is CC(=O)c1ccc(Cc2ccc(C(=O)C=C(O)c3nn[nH]n3)o2)cc1. The predicted octanol–water partition coefficient (Wildman–Crippen LogP) is 2.37. The number of H-pyrrole nitrogens is 1. The highest BCUT2D eigenvalue weighted by Crippen LogP contribution is 2.16. The number of aliphatic hydroxyl groups is 1. The van der Waals surface area contributed by atoms with Gasteiger partial charge in [-0.2, -0.15) is 5.21 Å². The summed E-state index contributed by atoms with van der Waals surface area (Å²) in [6.07, 6.45) is 1.45. The number of hydrogen-bond acceptors (Lipinski definition) is 7. The maximum atomic E-state index is 12.1. The van der Waals surface area contributed by atoms with Crippen LogP contribution >= 0.6 is 0 Å². The van der Waals surface area contributed by atoms with Crippen LogP contribution in [0, 0.1) is 0 Å². The van der Waals surface area contributed by atoms with Gasteiger partial charge in [0.05, 0.1) is 0 Å². The number of tetrazole rings is 1. The van der Waals surface area contributed by atoms with E-state index in [1.165, 1.54) is 13.0 Å². The van der Waals surface area contributed by atoms with Crippen LogP contribution in [0.25, 0.3) is 5.76 Å². The van der Waals surface area contributed by atoms with Gasteiger partial charge in [0.2, 0.25) is 11.6 Å². The molecule has 8 nitrogen and oxygen atoms in total. The van der Waals surface area contributed by atoms with Crippen LogP contribution in [0.3, 0.4) is 0 Å². The van der Waals surface area contributed by atoms with Crippen molar-refractivity contribution in [3.05, 3.63) is 70.9 Å². The van der Waals surface area contributed by atoms with Crippen molar-refractivity contribution in [3.8, 4) is 0 Å². The number of benzene rings is 1. The lowest BCUT2D eigenvalue weighted by atomic mass is 10.1. The fourth-order valence-electron chi connectivity index (χ4n) is 2.19. The van der Waals surface area contributed by atoms with Crippen molar-refractivity contribution in [2.45, 2.75) is 13.3 Å². The van der Waals surface area contributed by atoms with Crippen LogP contribution in [0.2, 0.25) is 0 Å². The maximum absolute atomic E-state index is 12.1. The van der Waals surface area contributed by atoms with Crippen LogP contribution in [0.4, 0.5) is 0 Å². The Morgan fingerprint density at radius 1 is 1.20 bits per heavy atom. The molecule has 0 bridgehead atoms. The minimum atomic E-state index is -0.513. The average Bonchev–Trinajstić information content (AvgIpc) is 3.27. The van der Waals surface area contributed by atoms with E-state index in [1.807, 2.05) is 12.1 Å². The van der Waals surface area contributed by atoms with E-state index in [9.17, 15) is 14.7 Å². The van der Waals surface area contributed by atoms with E-state index in [-0.39, 0.29) is 17.4 Å². The summed E-state index contributed by atoms with van der Waals surface area (Å²) in [5.74, 6) is -0.315. The van der Waals surface area contributed by atoms with Gasteiger partial charge in [0.1, 0.15) is 5.76 Å². The number of carbonyl (C=O) groups excluding carboxylic acids is 2. The molecule has 0 fully saturated rings. The van der Waals surface area contributed by atoms with Crippen LogP contribution < -0.4 is 0 Å². The molecule has 3 rings (SSSR count). The lowest BCUT2D eigenvalue weighted by Crippen LogP contribution is -1.96. The molecule has 3 aromatic rings. The predicted molar refractivity (Wildman–Crippen MR) is 87.1 cm³/mol. The Hall–Kier alpha value is -3.55. The zero-order chi connectivity index (χ0) is 17.8. The van der Waals surface area contributed by atoms with Crippen molar-refractivity contribution in [2.24, 2.45) is 0 Å². The number of rotatable bonds is 6. The summed E-state index contributed by atoms with van der Waals surface area (Å²) < 4.78 is 5.51. The molecule has 126 valence electrons. The monoisotopic (exact) mass is 338 g/mol. The topological polar surface area (TPSA) is 122 Å². The first-order valence-corrected chi connectivity index (χ1v) is 7.40. The van der Waals surface area contributed by atoms with E-state index >= 15 is 0 Å². The van der Waals surface area contributed by atoms with Crippen molar-refractivity contribution in [1.29, 1.82) is 0 Å². The second-order valence-electron chi connectivity index (χ2n) is 5.33. The molecule has 0 saturated heterocycles. The number of aliphatic hydroxyl groups excluding tert-OH is 1. The fourth-order valence-corrected chi connectivity index (χ4v) is 2.19. The number of aromatic nitrogens is 4. The Kier molecular flexibility index (Phi) is 4.51. The van der Waals surface area contributed by atoms with Gasteiger partial charge in [-0.1, -0.05) is 24.3 Å². The number of hydrogen-bond donors (Lipinski definition) is 2. The van der Waals surface area contributed by atoms with E-state index in [2.05, 4.69) is 20.6 Å². The summed E-state index contributed by atoms with van der Waals surface area (Å²) in [6, 6.07) is 10.4. The molecule has 2 heterocycles. The van der Waals surface area contributed by atoms with Crippen molar-refractivity contribution in [2.75, 3.05) is 0 Å². The number of ketones is 2. The second kappa shape index (κ2) is 6.91. The van der Waals surface area contributed by atoms with E-state index < -0.39 is 11.5 Å². The molecule has 0 aliphatic heterocycles. The molecule has 8 heteroatoms. The fraction of sp³-hybridized carbons (Fsp3) is 0.118. The summed E-state index contributed by atoms with van der Waals surface area (Å²) in [4.78, 5) is 23.4. The van der Waals surface area contributed by atoms with Crippen LogP contribution in [-0.2, 0) is 6.42 Å². The summed E-state index contributed by atoms with van der Waals surface area (Å²) in [7, 11) is 0. The minimum absolute atomic E-state index is 0.00521. The standard InChI is InChI=1S/C17H14N4O4/c1-10(22)12-4-2-11(3-5-12)8-13-6-7-16(25-13)14(23)9-15(24)17-18-20-21-19-17/h2-7,9,24H,8H2,1H3,(H,18,19,20,21). The third-order valence-corrected chi connectivity index (χ3v) is 3.49. The Bertz CT molecular complexity index is 924. The molecule has 2 aromatic heterocycles. The van der Waals surface area contributed by atoms with Crippen molar-refractivity contribution in [1.82, 2.24) is 20.6 Å². The van der Waals surface area contributed by atoms with Gasteiger partial charge in [-0.15, -0.1) is 10.2 Å². The molecule has 25 heavy (non-hydrogen) atoms. The number of Topliss-reactive ketones (excluding diaryl/α,β-unsaturated/α-hetero) is 1. The van der Waals surface area contributed by atoms with Gasteiger partial charge in [-0.25, -0.2) is 0 Å². The summed E-state index contributed by atoms with van der Waals surface area (Å²) >= 11 is 0. The molecule has 0 spiro atoms. The van der Waals surface area contributed by atoms with Crippen LogP contribution in [-0.4, -0.2) is 37.3 Å². The minimum Gasteiger partial charge on any atom is -0.504 e. The summed E-state index contributed by atoms with van der Waals surface area (Å²) in [5, 5.41) is 22.4. The number of aromatic amines is 1. The number of furan rings is 1. The Balaban J connectivity index is 1.70. The molecule has 0 atom stereocenters. The first-order valence-electron chi connectivity index (χ1n) is 7.40. The van der Waals surface area contributed by atoms with E-state index in [0.717, 1.165) is 11.6 Å². The zero-order valence-corrected chi connectivity index (χ0v) is 13.3. The van der Waals surface area contributed by atoms with Gasteiger partial charge in [0.25, 0.3) is 0 Å². The third-order valence-electron chi connectivity index (χ3n) is 3.49. The quantitative estimate of drug-likeness (QED) is 0.402. The molecule has 2 N–H and O–H groups in total. The summed E-state index contributed by atoms with van der Waals surface area (Å²) in [6.45, 7) is 1.51. The third kappa shape index (κ3) is 3.86. The lowest BCUT2D eigenvalue weighted by molar-refractivity contribution is 0.101. The van der Waals surface area contributed by atoms with E-state index in [1.54, 1.807) is 18.2 Å². The Morgan fingerprint density at radius 3 is 2.60 bits per heavy atom. The number of carbonyl (C=O) groups is 2. The Morgan fingerprint density at radius 2 is 1.96 bits per heavy atom. The molecule has 0 aliphatic rings. The highest BCUT2D eigenvalue weighted by molar-refractivity contribution is 6.05. The van der Waals surface area contributed by atoms with E-state index in [4.69, 9.17) is 4.42 Å². The first-order chi connectivity index (χ1) is 12.0. The molecule has 0 amide bonds. The molecular formula is C17H14N4O4. The molecule has 0 radical (unpaired) electrons. The lowest BCUT2D eigenvalue weighted by Gasteiger charge is -2.00. The second-order valence-corrected chi connectivity index (χ2v) is 5.33. The first kappa shape index (κ1) is 16.3. The highest BCUT2D eigenvalue weighted by Gasteiger charge is 2.13. The number of allylic oxidation sites excluding steroid dienone is 1. The Labute approximate surface area is 142 Å². The largest absolute Gasteiger partial charge is 0.504 e. The maximum Gasteiger partial charge on any atom is 0.239 e. The van der Waals surface area contributed by atoms with Crippen molar-refractivity contribution >= 4 is 17.3 Å². The number of nitrogens with one attached hydrogen (secondary N) is 1. The highest BCUT2D eigenvalue weighted by atomic mass is 16.3. The number of nitrogens with zero attached hydrogens (tertiary/aromatic N) is 3. The van der Waals surface area contributed by atoms with Crippen LogP contribution in [0.15, 0.2) is 46.9 Å². The summed E-state index contributed by atoms with van der Waals surface area (Å²) in [5.41, 5.74) is 1.59. The zero-order valence-electron chi connectivity index (χ0n) is 13.3. The van der Waals surface area contributed by atoms with Gasteiger partial charge < -0.3 is 9.52 Å². The van der Waals surface area contributed by atoms with Gasteiger partial charge in [-0.05, 0) is 29.8 Å². The molecular weight excluding hydrogens is 324 g/mol. The molecule has 0 unspecified atom stereocenters. The van der Waals surface area contributed by atoms with E-state index in [0.29, 0.717) is 17.7 Å². The van der Waals surface area contributed by atoms with Gasteiger partial charge in [0.15, 0.2) is 17.3 Å². The average molecular weight is 338 g/mol. The smallest absolute Gasteiger partial charge is 0.239 e. The molecule has 0 aliphatic carbocycles. The molecule has 0 saturated carbocycles. The van der Waals surface area contributed by atoms with Gasteiger partial charge in [-0.3, -0.25) is 9.59 Å². The van der Waals surface area contributed by atoms with Crippen molar-refractivity contribution in [3.63, 3.8) is 0 Å². The van der Waals surface area contributed by atoms with Gasteiger partial charge >= 0.3 is 0 Å². The molecule has 1 aromatic carbocycles. The van der Waals surface area contributed by atoms with Crippen LogP contribution in [0.1, 0.15) is 45.0 Å². The van der Waals surface area contributed by atoms with Gasteiger partial charge in [0, 0.05) is 18.1 Å². The van der Waals surface area contributed by atoms with Crippen LogP contribution in [0.5, 0.6) is 0 Å². The van der Waals surface area contributed by atoms with Crippen molar-refractivity contribution < 1.29 is 19.1 Å².